The van der Waals surface area contributed by atoms with E-state index in [0.717, 1.165) is 85.8 Å². The van der Waals surface area contributed by atoms with Crippen LogP contribution in [0.25, 0.3) is 0 Å². The van der Waals surface area contributed by atoms with Gasteiger partial charge in [0.15, 0.2) is 0 Å². The lowest BCUT2D eigenvalue weighted by Crippen LogP contribution is -2.38. The van der Waals surface area contributed by atoms with Crippen molar-refractivity contribution in [1.29, 1.82) is 0 Å². The quantitative estimate of drug-likeness (QED) is 0.568. The average molecular weight is 454 g/mol. The number of fused-ring (bicyclic) bond motifs is 1. The van der Waals surface area contributed by atoms with Gasteiger partial charge >= 0.3 is 0 Å². The molecule has 32 heavy (non-hydrogen) atoms. The van der Waals surface area contributed by atoms with Gasteiger partial charge in [0.05, 0.1) is 12.1 Å². The number of carbonyl (C=O) groups excluding carboxylic acids is 2. The van der Waals surface area contributed by atoms with Gasteiger partial charge in [-0.1, -0.05) is 38.5 Å². The van der Waals surface area contributed by atoms with E-state index in [4.69, 9.17) is 0 Å². The molecule has 2 heterocycles. The van der Waals surface area contributed by atoms with Crippen molar-refractivity contribution in [3.8, 4) is 0 Å². The van der Waals surface area contributed by atoms with Crippen LogP contribution in [-0.2, 0) is 24.1 Å². The van der Waals surface area contributed by atoms with Crippen LogP contribution in [0.2, 0.25) is 0 Å². The summed E-state index contributed by atoms with van der Waals surface area (Å²) < 4.78 is 0. The number of nitrogens with one attached hydrogen (secondary N) is 2. The second kappa shape index (κ2) is 10.6. The fourth-order valence-corrected chi connectivity index (χ4v) is 6.10. The number of hydrogen-bond acceptors (Lipinski definition) is 4. The Balaban J connectivity index is 1.55. The zero-order valence-electron chi connectivity index (χ0n) is 19.3. The molecule has 2 N–H and O–H groups in total. The molecule has 1 fully saturated rings. The van der Waals surface area contributed by atoms with Gasteiger partial charge in [0, 0.05) is 10.6 Å². The van der Waals surface area contributed by atoms with Crippen molar-refractivity contribution in [3.05, 3.63) is 45.8 Å². The summed E-state index contributed by atoms with van der Waals surface area (Å²) in [6.45, 7) is 6.70. The fourth-order valence-electron chi connectivity index (χ4n) is 4.80. The van der Waals surface area contributed by atoms with Gasteiger partial charge < -0.3 is 10.6 Å². The molecule has 0 bridgehead atoms. The van der Waals surface area contributed by atoms with Gasteiger partial charge in [-0.15, -0.1) is 11.3 Å². The normalized spacial score (nSPS) is 17.4. The largest absolute Gasteiger partial charge is 0.322 e. The summed E-state index contributed by atoms with van der Waals surface area (Å²) in [5.41, 5.74) is 3.79. The van der Waals surface area contributed by atoms with Crippen LogP contribution in [0.4, 0.5) is 10.7 Å². The first-order valence-electron chi connectivity index (χ1n) is 12.1. The molecule has 2 aromatic rings. The number of amides is 2. The highest BCUT2D eigenvalue weighted by molar-refractivity contribution is 7.17. The average Bonchev–Trinajstić information content (AvgIpc) is 2.95. The van der Waals surface area contributed by atoms with E-state index in [2.05, 4.69) is 29.4 Å². The van der Waals surface area contributed by atoms with E-state index in [0.29, 0.717) is 12.1 Å². The van der Waals surface area contributed by atoms with Gasteiger partial charge in [-0.3, -0.25) is 14.5 Å². The molecular formula is C26H35N3O2S. The van der Waals surface area contributed by atoms with E-state index in [1.54, 1.807) is 11.3 Å². The zero-order valence-corrected chi connectivity index (χ0v) is 20.2. The minimum Gasteiger partial charge on any atom is -0.322 e. The Morgan fingerprint density at radius 2 is 1.81 bits per heavy atom. The molecule has 0 unspecified atom stereocenters. The van der Waals surface area contributed by atoms with Crippen LogP contribution in [-0.4, -0.2) is 36.3 Å². The highest BCUT2D eigenvalue weighted by atomic mass is 32.1. The van der Waals surface area contributed by atoms with Gasteiger partial charge in [-0.25, -0.2) is 0 Å². The molecular weight excluding hydrogens is 418 g/mol. The molecule has 0 atom stereocenters. The Bertz CT molecular complexity index is 960. The van der Waals surface area contributed by atoms with E-state index in [-0.39, 0.29) is 11.8 Å². The number of hydrogen-bond donors (Lipinski definition) is 2. The van der Waals surface area contributed by atoms with Gasteiger partial charge in [0.25, 0.3) is 5.91 Å². The van der Waals surface area contributed by atoms with Gasteiger partial charge in [-0.05, 0) is 81.1 Å². The lowest BCUT2D eigenvalue weighted by molar-refractivity contribution is -0.117. The van der Waals surface area contributed by atoms with Crippen LogP contribution in [0.1, 0.15) is 72.3 Å². The van der Waals surface area contributed by atoms with E-state index in [9.17, 15) is 9.59 Å². The highest BCUT2D eigenvalue weighted by Gasteiger charge is 2.27. The Hall–Kier alpha value is -2.18. The zero-order chi connectivity index (χ0) is 22.5. The molecule has 1 aromatic heterocycles. The minimum absolute atomic E-state index is 0.0148. The third kappa shape index (κ3) is 5.41. The van der Waals surface area contributed by atoms with E-state index < -0.39 is 0 Å². The smallest absolute Gasteiger partial charge is 0.258 e. The number of likely N-dealkylation sites (tertiary alicyclic amines) is 1. The first kappa shape index (κ1) is 23.0. The lowest BCUT2D eigenvalue weighted by atomic mass is 9.99. The van der Waals surface area contributed by atoms with Crippen molar-refractivity contribution >= 4 is 33.8 Å². The molecule has 4 rings (SSSR count). The molecule has 0 radical (unpaired) electrons. The highest BCUT2D eigenvalue weighted by Crippen LogP contribution is 2.38. The number of benzene rings is 1. The van der Waals surface area contributed by atoms with Crippen LogP contribution < -0.4 is 10.6 Å². The number of piperidine rings is 1. The van der Waals surface area contributed by atoms with Crippen LogP contribution in [0.5, 0.6) is 0 Å². The molecule has 2 amide bonds. The van der Waals surface area contributed by atoms with Crippen LogP contribution in [0.3, 0.4) is 0 Å². The van der Waals surface area contributed by atoms with Crippen molar-refractivity contribution in [1.82, 2.24) is 4.90 Å². The predicted octanol–water partition coefficient (Wildman–Crippen LogP) is 5.50. The predicted molar refractivity (Wildman–Crippen MR) is 133 cm³/mol. The van der Waals surface area contributed by atoms with Crippen molar-refractivity contribution < 1.29 is 9.59 Å². The maximum absolute atomic E-state index is 13.5. The van der Waals surface area contributed by atoms with E-state index in [1.807, 2.05) is 24.3 Å². The van der Waals surface area contributed by atoms with Crippen molar-refractivity contribution in [2.75, 3.05) is 30.3 Å². The molecule has 1 saturated heterocycles. The van der Waals surface area contributed by atoms with Crippen molar-refractivity contribution in [3.63, 3.8) is 0 Å². The fraction of sp³-hybridized carbons (Fsp3) is 0.538. The first-order chi connectivity index (χ1) is 15.5. The molecule has 0 spiro atoms. The molecule has 1 aliphatic carbocycles. The SMILES string of the molecule is CCc1ccccc1NC(=O)c1c(NC(=O)CN2CCC(C)CC2)sc2c1CCCCC2. The van der Waals surface area contributed by atoms with Gasteiger partial charge in [0.2, 0.25) is 5.91 Å². The maximum atomic E-state index is 13.5. The van der Waals surface area contributed by atoms with Gasteiger partial charge in [-0.2, -0.15) is 0 Å². The summed E-state index contributed by atoms with van der Waals surface area (Å²) in [5, 5.41) is 6.98. The summed E-state index contributed by atoms with van der Waals surface area (Å²) in [4.78, 5) is 29.9. The third-order valence-electron chi connectivity index (χ3n) is 6.79. The van der Waals surface area contributed by atoms with Crippen molar-refractivity contribution in [2.45, 2.75) is 65.2 Å². The van der Waals surface area contributed by atoms with Crippen LogP contribution in [0, 0.1) is 5.92 Å². The monoisotopic (exact) mass is 453 g/mol. The van der Waals surface area contributed by atoms with Crippen molar-refractivity contribution in [2.24, 2.45) is 5.92 Å². The first-order valence-corrected chi connectivity index (χ1v) is 12.9. The number of nitrogens with zero attached hydrogens (tertiary/aromatic N) is 1. The molecule has 0 saturated carbocycles. The number of thiophene rings is 1. The Morgan fingerprint density at radius 1 is 1.06 bits per heavy atom. The van der Waals surface area contributed by atoms with E-state index >= 15 is 0 Å². The minimum atomic E-state index is -0.104. The van der Waals surface area contributed by atoms with Gasteiger partial charge in [0.1, 0.15) is 5.00 Å². The lowest BCUT2D eigenvalue weighted by Gasteiger charge is -2.29. The number of para-hydroxylation sites is 1. The van der Waals surface area contributed by atoms with Crippen LogP contribution in [0.15, 0.2) is 24.3 Å². The number of rotatable bonds is 6. The van der Waals surface area contributed by atoms with Crippen LogP contribution >= 0.6 is 11.3 Å². The number of anilines is 2. The third-order valence-corrected chi connectivity index (χ3v) is 8.00. The summed E-state index contributed by atoms with van der Waals surface area (Å²) in [6.07, 6.45) is 8.47. The Morgan fingerprint density at radius 3 is 2.59 bits per heavy atom. The maximum Gasteiger partial charge on any atom is 0.258 e. The molecule has 5 nitrogen and oxygen atoms in total. The second-order valence-electron chi connectivity index (χ2n) is 9.24. The molecule has 172 valence electrons. The molecule has 2 aliphatic rings. The van der Waals surface area contributed by atoms with E-state index in [1.165, 1.54) is 11.3 Å². The molecule has 1 aliphatic heterocycles. The second-order valence-corrected chi connectivity index (χ2v) is 10.3. The number of aryl methyl sites for hydroxylation is 2. The summed E-state index contributed by atoms with van der Waals surface area (Å²) in [7, 11) is 0. The Labute approximate surface area is 195 Å². The standard InChI is InChI=1S/C26H35N3O2S/c1-3-19-9-7-8-11-21(19)27-25(31)24-20-10-5-4-6-12-22(20)32-26(24)28-23(30)17-29-15-13-18(2)14-16-29/h7-9,11,18H,3-6,10,12-17H2,1-2H3,(H,27,31)(H,28,30). The summed E-state index contributed by atoms with van der Waals surface area (Å²) in [5.74, 6) is 0.620. The molecule has 6 heteroatoms. The summed E-state index contributed by atoms with van der Waals surface area (Å²) >= 11 is 1.60. The summed E-state index contributed by atoms with van der Waals surface area (Å²) in [6, 6.07) is 7.95. The molecule has 1 aromatic carbocycles. The topological polar surface area (TPSA) is 61.4 Å². The Kier molecular flexibility index (Phi) is 7.63. The number of carbonyl (C=O) groups is 2.